The minimum Gasteiger partial charge on any atom is -0.479 e. The molecule has 34 heavy (non-hydrogen) atoms. The van der Waals surface area contributed by atoms with E-state index in [0.29, 0.717) is 18.7 Å². The lowest BCUT2D eigenvalue weighted by Crippen LogP contribution is -2.13. The second-order valence-electron chi connectivity index (χ2n) is 8.94. The van der Waals surface area contributed by atoms with Crippen LogP contribution in [0.25, 0.3) is 22.4 Å². The number of hydrogen-bond acceptors (Lipinski definition) is 5. The van der Waals surface area contributed by atoms with E-state index in [1.165, 1.54) is 18.5 Å². The molecule has 0 aliphatic carbocycles. The van der Waals surface area contributed by atoms with Crippen LogP contribution in [0.15, 0.2) is 30.5 Å². The number of aryl methyl sites for hydroxylation is 4. The first-order chi connectivity index (χ1) is 16.5. The summed E-state index contributed by atoms with van der Waals surface area (Å²) in [4.78, 5) is 22.1. The molecule has 1 N–H and O–H groups in total. The number of imidazole rings is 1. The SMILES string of the molecule is COc1nn(C)c2nc(C)c(CCC(=O)Nc3ccc(-c4ncc5n4CCCC5)cc3)c(C)c12. The van der Waals surface area contributed by atoms with Gasteiger partial charge in [0.1, 0.15) is 5.82 Å². The minimum absolute atomic E-state index is 0.0250. The summed E-state index contributed by atoms with van der Waals surface area (Å²) in [5, 5.41) is 8.33. The molecule has 4 heterocycles. The summed E-state index contributed by atoms with van der Waals surface area (Å²) in [6.45, 7) is 5.04. The van der Waals surface area contributed by atoms with Crippen molar-refractivity contribution >= 4 is 22.6 Å². The first-order valence-corrected chi connectivity index (χ1v) is 11.8. The number of carbonyl (C=O) groups is 1. The van der Waals surface area contributed by atoms with Crippen molar-refractivity contribution in [2.45, 2.75) is 52.5 Å². The van der Waals surface area contributed by atoms with Gasteiger partial charge in [-0.1, -0.05) is 0 Å². The predicted octanol–water partition coefficient (Wildman–Crippen LogP) is 4.36. The molecule has 4 aromatic rings. The second-order valence-corrected chi connectivity index (χ2v) is 8.94. The number of carbonyl (C=O) groups excluding carboxylic acids is 1. The summed E-state index contributed by atoms with van der Waals surface area (Å²) in [7, 11) is 3.47. The van der Waals surface area contributed by atoms with Gasteiger partial charge in [0.05, 0.1) is 12.5 Å². The van der Waals surface area contributed by atoms with Gasteiger partial charge in [0, 0.05) is 48.8 Å². The molecule has 0 saturated carbocycles. The molecule has 0 bridgehead atoms. The monoisotopic (exact) mass is 458 g/mol. The lowest BCUT2D eigenvalue weighted by Gasteiger charge is -2.16. The number of ether oxygens (including phenoxy) is 1. The number of amides is 1. The number of nitrogens with zero attached hydrogens (tertiary/aromatic N) is 5. The fraction of sp³-hybridized carbons (Fsp3) is 0.385. The van der Waals surface area contributed by atoms with Crippen molar-refractivity contribution in [3.8, 4) is 17.3 Å². The van der Waals surface area contributed by atoms with Crippen LogP contribution in [0.2, 0.25) is 0 Å². The van der Waals surface area contributed by atoms with Crippen LogP contribution in [-0.4, -0.2) is 37.3 Å². The van der Waals surface area contributed by atoms with E-state index in [1.54, 1.807) is 11.8 Å². The zero-order chi connectivity index (χ0) is 23.8. The van der Waals surface area contributed by atoms with E-state index in [9.17, 15) is 4.79 Å². The Hall–Kier alpha value is -3.68. The quantitative estimate of drug-likeness (QED) is 0.464. The zero-order valence-corrected chi connectivity index (χ0v) is 20.2. The van der Waals surface area contributed by atoms with Crippen LogP contribution in [0.1, 0.15) is 41.8 Å². The van der Waals surface area contributed by atoms with Gasteiger partial charge in [-0.25, -0.2) is 14.6 Å². The smallest absolute Gasteiger partial charge is 0.242 e. The van der Waals surface area contributed by atoms with Crippen molar-refractivity contribution < 1.29 is 9.53 Å². The average Bonchev–Trinajstić information content (AvgIpc) is 3.40. The van der Waals surface area contributed by atoms with Gasteiger partial charge in [0.15, 0.2) is 5.65 Å². The first kappa shape index (κ1) is 22.1. The van der Waals surface area contributed by atoms with E-state index in [-0.39, 0.29) is 5.91 Å². The molecule has 0 fully saturated rings. The summed E-state index contributed by atoms with van der Waals surface area (Å²) in [5.74, 6) is 1.54. The Labute approximate surface area is 199 Å². The van der Waals surface area contributed by atoms with Gasteiger partial charge in [-0.3, -0.25) is 4.79 Å². The van der Waals surface area contributed by atoms with Crippen LogP contribution < -0.4 is 10.1 Å². The molecule has 0 spiro atoms. The van der Waals surface area contributed by atoms with Crippen LogP contribution >= 0.6 is 0 Å². The molecule has 0 saturated heterocycles. The summed E-state index contributed by atoms with van der Waals surface area (Å²) in [6, 6.07) is 7.95. The fourth-order valence-corrected chi connectivity index (χ4v) is 4.94. The van der Waals surface area contributed by atoms with Crippen LogP contribution in [0.5, 0.6) is 5.88 Å². The molecule has 1 amide bonds. The third-order valence-electron chi connectivity index (χ3n) is 6.75. The highest BCUT2D eigenvalue weighted by Crippen LogP contribution is 2.31. The van der Waals surface area contributed by atoms with Crippen molar-refractivity contribution in [2.75, 3.05) is 12.4 Å². The molecule has 1 aliphatic heterocycles. The van der Waals surface area contributed by atoms with Gasteiger partial charge >= 0.3 is 0 Å². The average molecular weight is 459 g/mol. The molecule has 8 nitrogen and oxygen atoms in total. The van der Waals surface area contributed by atoms with Gasteiger partial charge in [-0.15, -0.1) is 5.10 Å². The molecule has 176 valence electrons. The Morgan fingerprint density at radius 1 is 1.18 bits per heavy atom. The maximum absolute atomic E-state index is 12.7. The minimum atomic E-state index is -0.0250. The van der Waals surface area contributed by atoms with Crippen LogP contribution in [0.4, 0.5) is 5.69 Å². The van der Waals surface area contributed by atoms with E-state index >= 15 is 0 Å². The highest BCUT2D eigenvalue weighted by Gasteiger charge is 2.19. The number of fused-ring (bicyclic) bond motifs is 2. The fourth-order valence-electron chi connectivity index (χ4n) is 4.94. The van der Waals surface area contributed by atoms with Crippen molar-refractivity contribution in [3.63, 3.8) is 0 Å². The van der Waals surface area contributed by atoms with Gasteiger partial charge in [0.2, 0.25) is 11.8 Å². The molecule has 1 aromatic carbocycles. The molecular formula is C26H30N6O2. The Balaban J connectivity index is 1.27. The van der Waals surface area contributed by atoms with Gasteiger partial charge in [0.25, 0.3) is 0 Å². The Bertz CT molecular complexity index is 1370. The van der Waals surface area contributed by atoms with E-state index in [2.05, 4.69) is 20.0 Å². The van der Waals surface area contributed by atoms with Crippen LogP contribution in [-0.2, 0) is 31.2 Å². The van der Waals surface area contributed by atoms with E-state index in [0.717, 1.165) is 57.9 Å². The number of rotatable bonds is 6. The summed E-state index contributed by atoms with van der Waals surface area (Å²) in [6.07, 6.45) is 6.47. The third-order valence-corrected chi connectivity index (χ3v) is 6.75. The molecule has 5 rings (SSSR count). The predicted molar refractivity (Wildman–Crippen MR) is 132 cm³/mol. The number of benzene rings is 1. The van der Waals surface area contributed by atoms with Crippen molar-refractivity contribution in [1.29, 1.82) is 0 Å². The standard InChI is InChI=1S/C26H30N6O2/c1-16-21(17(2)28-25-23(16)26(34-4)30-31(25)3)12-13-22(33)29-19-10-8-18(9-11-19)24-27-15-20-7-5-6-14-32(20)24/h8-11,15H,5-7,12-14H2,1-4H3,(H,29,33). The molecule has 0 radical (unpaired) electrons. The van der Waals surface area contributed by atoms with E-state index < -0.39 is 0 Å². The molecule has 0 atom stereocenters. The lowest BCUT2D eigenvalue weighted by atomic mass is 10.00. The molecule has 8 heteroatoms. The summed E-state index contributed by atoms with van der Waals surface area (Å²) >= 11 is 0. The maximum Gasteiger partial charge on any atom is 0.242 e. The number of nitrogens with one attached hydrogen (secondary N) is 1. The highest BCUT2D eigenvalue weighted by molar-refractivity contribution is 5.91. The summed E-state index contributed by atoms with van der Waals surface area (Å²) < 4.78 is 9.48. The third kappa shape index (κ3) is 3.93. The Morgan fingerprint density at radius 2 is 1.97 bits per heavy atom. The topological polar surface area (TPSA) is 86.9 Å². The van der Waals surface area contributed by atoms with Gasteiger partial charge in [-0.2, -0.15) is 0 Å². The number of hydrogen-bond donors (Lipinski definition) is 1. The number of anilines is 1. The highest BCUT2D eigenvalue weighted by atomic mass is 16.5. The number of aromatic nitrogens is 5. The maximum atomic E-state index is 12.7. The van der Waals surface area contributed by atoms with Crippen molar-refractivity contribution in [3.05, 3.63) is 53.0 Å². The van der Waals surface area contributed by atoms with Crippen LogP contribution in [0.3, 0.4) is 0 Å². The molecule has 0 unspecified atom stereocenters. The van der Waals surface area contributed by atoms with E-state index in [4.69, 9.17) is 9.72 Å². The number of pyridine rings is 1. The van der Waals surface area contributed by atoms with Crippen molar-refractivity contribution in [2.24, 2.45) is 7.05 Å². The van der Waals surface area contributed by atoms with E-state index in [1.807, 2.05) is 51.4 Å². The lowest BCUT2D eigenvalue weighted by molar-refractivity contribution is -0.116. The Kier molecular flexibility index (Phi) is 5.81. The van der Waals surface area contributed by atoms with Gasteiger partial charge in [-0.05, 0) is 74.9 Å². The second kappa shape index (κ2) is 8.93. The number of methoxy groups -OCH3 is 1. The zero-order valence-electron chi connectivity index (χ0n) is 20.2. The van der Waals surface area contributed by atoms with Crippen molar-refractivity contribution in [1.82, 2.24) is 24.3 Å². The first-order valence-electron chi connectivity index (χ1n) is 11.8. The van der Waals surface area contributed by atoms with Crippen LogP contribution in [0, 0.1) is 13.8 Å². The molecule has 1 aliphatic rings. The molecular weight excluding hydrogens is 428 g/mol. The summed E-state index contributed by atoms with van der Waals surface area (Å²) in [5.41, 5.74) is 6.99. The normalized spacial score (nSPS) is 13.2. The molecule has 3 aromatic heterocycles. The largest absolute Gasteiger partial charge is 0.479 e. The Morgan fingerprint density at radius 3 is 2.74 bits per heavy atom. The van der Waals surface area contributed by atoms with Gasteiger partial charge < -0.3 is 14.6 Å².